The van der Waals surface area contributed by atoms with Crippen molar-refractivity contribution in [3.8, 4) is 0 Å². The molecular weight excluding hydrogens is 463 g/mol. The number of benzene rings is 1. The molecule has 2 rings (SSSR count). The van der Waals surface area contributed by atoms with Crippen LogP contribution in [0.5, 0.6) is 0 Å². The fourth-order valence-corrected chi connectivity index (χ4v) is 3.08. The maximum atomic E-state index is 6.09. The number of likely N-dealkylation sites (N-methyl/N-ethyl adjacent to an activating group) is 1. The Bertz CT molecular complexity index is 558. The van der Waals surface area contributed by atoms with Gasteiger partial charge in [0, 0.05) is 50.3 Å². The van der Waals surface area contributed by atoms with Crippen LogP contribution < -0.4 is 10.6 Å². The third-order valence-electron chi connectivity index (χ3n) is 4.37. The fourth-order valence-electron chi connectivity index (χ4n) is 2.88. The van der Waals surface area contributed by atoms with E-state index in [2.05, 4.69) is 41.6 Å². The van der Waals surface area contributed by atoms with Crippen molar-refractivity contribution in [1.29, 1.82) is 0 Å². The van der Waals surface area contributed by atoms with Gasteiger partial charge in [0.2, 0.25) is 0 Å². The van der Waals surface area contributed by atoms with Gasteiger partial charge in [0.25, 0.3) is 0 Å². The van der Waals surface area contributed by atoms with Crippen LogP contribution in [0.1, 0.15) is 31.2 Å². The lowest BCUT2D eigenvalue weighted by atomic mass is 10.1. The first-order valence-corrected chi connectivity index (χ1v) is 9.49. The highest BCUT2D eigenvalue weighted by Crippen LogP contribution is 2.41. The van der Waals surface area contributed by atoms with Gasteiger partial charge in [-0.25, -0.2) is 0 Å². The molecule has 0 bridgehead atoms. The number of rotatable bonds is 10. The van der Waals surface area contributed by atoms with Crippen molar-refractivity contribution < 1.29 is 4.74 Å². The smallest absolute Gasteiger partial charge is 0.191 e. The summed E-state index contributed by atoms with van der Waals surface area (Å²) in [6.07, 6.45) is 2.18. The summed E-state index contributed by atoms with van der Waals surface area (Å²) in [4.78, 5) is 6.99. The lowest BCUT2D eigenvalue weighted by molar-refractivity contribution is 0.180. The summed E-state index contributed by atoms with van der Waals surface area (Å²) in [5.74, 6) is 1.43. The molecule has 0 aromatic heterocycles. The minimum Gasteiger partial charge on any atom is -0.385 e. The van der Waals surface area contributed by atoms with E-state index in [1.54, 1.807) is 7.11 Å². The van der Waals surface area contributed by atoms with E-state index in [0.717, 1.165) is 56.6 Å². The highest BCUT2D eigenvalue weighted by Gasteiger charge is 2.39. The third-order valence-corrected chi connectivity index (χ3v) is 4.61. The van der Waals surface area contributed by atoms with Gasteiger partial charge in [-0.1, -0.05) is 23.7 Å². The Morgan fingerprint density at radius 3 is 2.88 bits per heavy atom. The van der Waals surface area contributed by atoms with E-state index < -0.39 is 0 Å². The van der Waals surface area contributed by atoms with E-state index in [1.165, 1.54) is 5.56 Å². The van der Waals surface area contributed by atoms with Crippen LogP contribution in [0.25, 0.3) is 0 Å². The van der Waals surface area contributed by atoms with Crippen LogP contribution >= 0.6 is 35.6 Å². The van der Waals surface area contributed by atoms with Gasteiger partial charge in [0.1, 0.15) is 0 Å². The molecule has 0 amide bonds. The first-order valence-electron chi connectivity index (χ1n) is 9.11. The molecule has 0 radical (unpaired) electrons. The molecule has 148 valence electrons. The minimum atomic E-state index is 0. The molecule has 5 nitrogen and oxygen atoms in total. The molecule has 26 heavy (non-hydrogen) atoms. The van der Waals surface area contributed by atoms with Gasteiger partial charge >= 0.3 is 0 Å². The zero-order chi connectivity index (χ0) is 18.1. The molecule has 1 aliphatic rings. The molecule has 1 fully saturated rings. The fraction of sp³-hybridized carbons (Fsp3) is 0.632. The molecule has 1 aromatic rings. The van der Waals surface area contributed by atoms with Gasteiger partial charge in [-0.05, 0) is 44.5 Å². The molecule has 0 saturated heterocycles. The molecule has 0 heterocycles. The Morgan fingerprint density at radius 1 is 1.38 bits per heavy atom. The number of methoxy groups -OCH3 is 1. The van der Waals surface area contributed by atoms with Crippen LogP contribution in [0.15, 0.2) is 29.3 Å². The number of hydrogen-bond donors (Lipinski definition) is 2. The van der Waals surface area contributed by atoms with Gasteiger partial charge in [-0.15, -0.1) is 24.0 Å². The maximum Gasteiger partial charge on any atom is 0.191 e. The van der Waals surface area contributed by atoms with Crippen LogP contribution in [0.2, 0.25) is 5.02 Å². The number of guanidine groups is 1. The summed E-state index contributed by atoms with van der Waals surface area (Å²) < 4.78 is 5.09. The van der Waals surface area contributed by atoms with Crippen LogP contribution in [0.4, 0.5) is 0 Å². The predicted molar refractivity (Wildman–Crippen MR) is 121 cm³/mol. The van der Waals surface area contributed by atoms with Gasteiger partial charge < -0.3 is 20.3 Å². The second-order valence-electron chi connectivity index (χ2n) is 6.56. The Kier molecular flexibility index (Phi) is 11.5. The van der Waals surface area contributed by atoms with Crippen LogP contribution in [-0.2, 0) is 4.74 Å². The SMILES string of the molecule is CCNC(=NCCN(C)CCCOC)NC1CC1c1cccc(Cl)c1.I. The highest BCUT2D eigenvalue weighted by atomic mass is 127. The zero-order valence-electron chi connectivity index (χ0n) is 16.0. The van der Waals surface area contributed by atoms with Crippen molar-refractivity contribution in [3.63, 3.8) is 0 Å². The molecular formula is C19H32ClIN4O. The van der Waals surface area contributed by atoms with Gasteiger partial charge in [-0.3, -0.25) is 4.99 Å². The van der Waals surface area contributed by atoms with Crippen LogP contribution in [-0.4, -0.2) is 63.8 Å². The Labute approximate surface area is 179 Å². The largest absolute Gasteiger partial charge is 0.385 e. The molecule has 1 aliphatic carbocycles. The second-order valence-corrected chi connectivity index (χ2v) is 6.99. The maximum absolute atomic E-state index is 6.09. The summed E-state index contributed by atoms with van der Waals surface area (Å²) in [6, 6.07) is 8.59. The summed E-state index contributed by atoms with van der Waals surface area (Å²) >= 11 is 6.09. The van der Waals surface area contributed by atoms with Crippen molar-refractivity contribution in [2.75, 3.05) is 46.9 Å². The van der Waals surface area contributed by atoms with Crippen molar-refractivity contribution in [2.24, 2.45) is 4.99 Å². The summed E-state index contributed by atoms with van der Waals surface area (Å²) in [5, 5.41) is 7.69. The van der Waals surface area contributed by atoms with Crippen LogP contribution in [0, 0.1) is 0 Å². The average Bonchev–Trinajstić information content (AvgIpc) is 3.34. The van der Waals surface area contributed by atoms with Crippen LogP contribution in [0.3, 0.4) is 0 Å². The third kappa shape index (κ3) is 8.41. The van der Waals surface area contributed by atoms with E-state index in [0.29, 0.717) is 12.0 Å². The van der Waals surface area contributed by atoms with E-state index in [4.69, 9.17) is 21.3 Å². The Balaban J connectivity index is 0.00000338. The molecule has 2 unspecified atom stereocenters. The Hall–Kier alpha value is -0.570. The van der Waals surface area contributed by atoms with Crippen molar-refractivity contribution in [3.05, 3.63) is 34.9 Å². The van der Waals surface area contributed by atoms with E-state index >= 15 is 0 Å². The quantitative estimate of drug-likeness (QED) is 0.227. The summed E-state index contributed by atoms with van der Waals surface area (Å²) in [5.41, 5.74) is 1.30. The van der Waals surface area contributed by atoms with Crippen molar-refractivity contribution in [1.82, 2.24) is 15.5 Å². The monoisotopic (exact) mass is 494 g/mol. The second kappa shape index (κ2) is 12.8. The number of aliphatic imine (C=N–C) groups is 1. The number of nitrogens with zero attached hydrogens (tertiary/aromatic N) is 2. The lowest BCUT2D eigenvalue weighted by Crippen LogP contribution is -2.39. The Morgan fingerprint density at radius 2 is 2.19 bits per heavy atom. The molecule has 2 atom stereocenters. The van der Waals surface area contributed by atoms with Gasteiger partial charge in [0.15, 0.2) is 5.96 Å². The normalized spacial score (nSPS) is 19.2. The average molecular weight is 495 g/mol. The summed E-state index contributed by atoms with van der Waals surface area (Å²) in [7, 11) is 3.87. The van der Waals surface area contributed by atoms with Crippen molar-refractivity contribution >= 4 is 41.5 Å². The molecule has 0 spiro atoms. The number of nitrogens with one attached hydrogen (secondary N) is 2. The van der Waals surface area contributed by atoms with E-state index in [1.807, 2.05) is 12.1 Å². The number of halogens is 2. The molecule has 1 aromatic carbocycles. The summed E-state index contributed by atoms with van der Waals surface area (Å²) in [6.45, 7) is 6.53. The first kappa shape index (κ1) is 23.5. The number of hydrogen-bond acceptors (Lipinski definition) is 3. The van der Waals surface area contributed by atoms with Gasteiger partial charge in [0.05, 0.1) is 6.54 Å². The molecule has 7 heteroatoms. The molecule has 0 aliphatic heterocycles. The molecule has 2 N–H and O–H groups in total. The standard InChI is InChI=1S/C19H31ClN4O.HI/c1-4-21-19(22-9-11-24(2)10-6-12-25-3)23-18-14-17(18)15-7-5-8-16(20)13-15;/h5,7-8,13,17-18H,4,6,9-12,14H2,1-3H3,(H2,21,22,23);1H. The topological polar surface area (TPSA) is 48.9 Å². The first-order chi connectivity index (χ1) is 12.1. The van der Waals surface area contributed by atoms with Crippen molar-refractivity contribution in [2.45, 2.75) is 31.7 Å². The predicted octanol–water partition coefficient (Wildman–Crippen LogP) is 3.34. The minimum absolute atomic E-state index is 0. The highest BCUT2D eigenvalue weighted by molar-refractivity contribution is 14.0. The molecule has 1 saturated carbocycles. The number of ether oxygens (including phenoxy) is 1. The van der Waals surface area contributed by atoms with Gasteiger partial charge in [-0.2, -0.15) is 0 Å². The van der Waals surface area contributed by atoms with E-state index in [-0.39, 0.29) is 24.0 Å². The zero-order valence-corrected chi connectivity index (χ0v) is 19.1. The van der Waals surface area contributed by atoms with E-state index in [9.17, 15) is 0 Å². The lowest BCUT2D eigenvalue weighted by Gasteiger charge is -2.16.